The Kier molecular flexibility index (Phi) is 6.61. The molecule has 5 heteroatoms. The maximum Gasteiger partial charge on any atom is 0.174 e. The largest absolute Gasteiger partial charge is 0.495 e. The normalized spacial score (nSPS) is 10.4. The third-order valence-electron chi connectivity index (χ3n) is 4.44. The zero-order valence-corrected chi connectivity index (χ0v) is 17.3. The summed E-state index contributed by atoms with van der Waals surface area (Å²) in [5, 5.41) is 4.00. The minimum atomic E-state index is 0.646. The molecule has 1 N–H and O–H groups in total. The molecule has 144 valence electrons. The molecule has 0 spiro atoms. The Morgan fingerprint density at radius 1 is 1.00 bits per heavy atom. The lowest BCUT2D eigenvalue weighted by molar-refractivity contribution is 0.408. The van der Waals surface area contributed by atoms with Gasteiger partial charge in [-0.05, 0) is 61.0 Å². The second-order valence-corrected chi connectivity index (χ2v) is 7.23. The molecule has 0 aliphatic carbocycles. The number of pyridine rings is 1. The number of nitrogens with one attached hydrogen (secondary N) is 1. The summed E-state index contributed by atoms with van der Waals surface area (Å²) in [5.41, 5.74) is 5.55. The summed E-state index contributed by atoms with van der Waals surface area (Å²) in [5.74, 6) is 0.777. The van der Waals surface area contributed by atoms with Crippen LogP contribution in [0.15, 0.2) is 67.0 Å². The molecule has 0 amide bonds. The lowest BCUT2D eigenvalue weighted by Gasteiger charge is -2.27. The summed E-state index contributed by atoms with van der Waals surface area (Å²) < 4.78 is 5.51. The number of aromatic nitrogens is 1. The van der Waals surface area contributed by atoms with Crippen molar-refractivity contribution >= 4 is 23.0 Å². The van der Waals surface area contributed by atoms with Crippen molar-refractivity contribution in [2.75, 3.05) is 12.4 Å². The zero-order valence-electron chi connectivity index (χ0n) is 16.5. The van der Waals surface area contributed by atoms with Gasteiger partial charge >= 0.3 is 0 Å². The van der Waals surface area contributed by atoms with Crippen LogP contribution < -0.4 is 10.1 Å². The van der Waals surface area contributed by atoms with Gasteiger partial charge < -0.3 is 15.0 Å². The van der Waals surface area contributed by atoms with Crippen molar-refractivity contribution in [1.29, 1.82) is 0 Å². The number of aryl methyl sites for hydroxylation is 2. The van der Waals surface area contributed by atoms with Crippen molar-refractivity contribution in [3.63, 3.8) is 0 Å². The molecule has 0 saturated heterocycles. The molecule has 2 aromatic carbocycles. The fraction of sp³-hybridized carbons (Fsp3) is 0.217. The molecule has 3 rings (SSSR count). The van der Waals surface area contributed by atoms with Crippen molar-refractivity contribution in [2.45, 2.75) is 26.9 Å². The van der Waals surface area contributed by atoms with E-state index in [0.29, 0.717) is 18.2 Å². The van der Waals surface area contributed by atoms with Crippen LogP contribution in [0.1, 0.15) is 22.3 Å². The van der Waals surface area contributed by atoms with Crippen molar-refractivity contribution in [1.82, 2.24) is 9.88 Å². The van der Waals surface area contributed by atoms with Gasteiger partial charge in [-0.15, -0.1) is 0 Å². The standard InChI is InChI=1S/C23H25N3OS/c1-17-6-4-7-19(12-17)15-26(16-20-8-5-11-24-14-20)23(28)25-21-10-9-18(2)13-22(21)27-3/h4-14H,15-16H2,1-3H3,(H,25,28). The van der Waals surface area contributed by atoms with E-state index in [9.17, 15) is 0 Å². The quantitative estimate of drug-likeness (QED) is 0.591. The van der Waals surface area contributed by atoms with Gasteiger partial charge in [-0.3, -0.25) is 4.98 Å². The molecule has 0 bridgehead atoms. The van der Waals surface area contributed by atoms with Crippen LogP contribution in [0.3, 0.4) is 0 Å². The summed E-state index contributed by atoms with van der Waals surface area (Å²) >= 11 is 5.77. The Morgan fingerprint density at radius 3 is 2.46 bits per heavy atom. The van der Waals surface area contributed by atoms with Crippen LogP contribution in [0, 0.1) is 13.8 Å². The van der Waals surface area contributed by atoms with Gasteiger partial charge in [0.15, 0.2) is 5.11 Å². The number of ether oxygens (including phenoxy) is 1. The average molecular weight is 392 g/mol. The predicted molar refractivity (Wildman–Crippen MR) is 119 cm³/mol. The highest BCUT2D eigenvalue weighted by atomic mass is 32.1. The summed E-state index contributed by atoms with van der Waals surface area (Å²) in [6.07, 6.45) is 3.65. The maximum absolute atomic E-state index is 5.77. The third kappa shape index (κ3) is 5.30. The van der Waals surface area contributed by atoms with Gasteiger partial charge in [0, 0.05) is 25.5 Å². The zero-order chi connectivity index (χ0) is 19.9. The molecular weight excluding hydrogens is 366 g/mol. The van der Waals surface area contributed by atoms with E-state index in [1.54, 1.807) is 13.3 Å². The predicted octanol–water partition coefficient (Wildman–Crippen LogP) is 5.11. The first-order chi connectivity index (χ1) is 13.5. The highest BCUT2D eigenvalue weighted by Crippen LogP contribution is 2.26. The SMILES string of the molecule is COc1cc(C)ccc1NC(=S)N(Cc1cccnc1)Cc1cccc(C)c1. The van der Waals surface area contributed by atoms with Crippen molar-refractivity contribution in [2.24, 2.45) is 0 Å². The number of nitrogens with zero attached hydrogens (tertiary/aromatic N) is 2. The van der Waals surface area contributed by atoms with E-state index in [1.807, 2.05) is 37.4 Å². The molecule has 0 atom stereocenters. The van der Waals surface area contributed by atoms with E-state index in [2.05, 4.69) is 52.5 Å². The number of benzene rings is 2. The highest BCUT2D eigenvalue weighted by molar-refractivity contribution is 7.80. The lowest BCUT2D eigenvalue weighted by Crippen LogP contribution is -2.34. The van der Waals surface area contributed by atoms with E-state index >= 15 is 0 Å². The summed E-state index contributed by atoms with van der Waals surface area (Å²) in [6.45, 7) is 5.51. The topological polar surface area (TPSA) is 37.4 Å². The van der Waals surface area contributed by atoms with Crippen molar-refractivity contribution < 1.29 is 4.74 Å². The average Bonchev–Trinajstić information content (AvgIpc) is 2.69. The van der Waals surface area contributed by atoms with Crippen LogP contribution in [-0.2, 0) is 13.1 Å². The lowest BCUT2D eigenvalue weighted by atomic mass is 10.1. The van der Waals surface area contributed by atoms with Crippen LogP contribution >= 0.6 is 12.2 Å². The monoisotopic (exact) mass is 391 g/mol. The van der Waals surface area contributed by atoms with Gasteiger partial charge in [-0.1, -0.05) is 42.0 Å². The van der Waals surface area contributed by atoms with Crippen molar-refractivity contribution in [3.05, 3.63) is 89.2 Å². The van der Waals surface area contributed by atoms with Gasteiger partial charge in [0.1, 0.15) is 5.75 Å². The molecule has 0 unspecified atom stereocenters. The number of rotatable bonds is 6. The second-order valence-electron chi connectivity index (χ2n) is 6.84. The van der Waals surface area contributed by atoms with Crippen LogP contribution in [0.5, 0.6) is 5.75 Å². The minimum Gasteiger partial charge on any atom is -0.495 e. The molecule has 0 fully saturated rings. The fourth-order valence-corrected chi connectivity index (χ4v) is 3.28. The summed E-state index contributed by atoms with van der Waals surface area (Å²) in [6, 6.07) is 18.5. The Bertz CT molecular complexity index is 944. The number of hydrogen-bond donors (Lipinski definition) is 1. The van der Waals surface area contributed by atoms with E-state index < -0.39 is 0 Å². The molecule has 0 radical (unpaired) electrons. The molecule has 0 saturated carbocycles. The van der Waals surface area contributed by atoms with Crippen LogP contribution in [0.2, 0.25) is 0 Å². The van der Waals surface area contributed by atoms with Gasteiger partial charge in [0.05, 0.1) is 12.8 Å². The van der Waals surface area contributed by atoms with Gasteiger partial charge in [-0.2, -0.15) is 0 Å². The van der Waals surface area contributed by atoms with E-state index in [-0.39, 0.29) is 0 Å². The number of methoxy groups -OCH3 is 1. The first kappa shape index (κ1) is 19.8. The molecule has 1 aromatic heterocycles. The maximum atomic E-state index is 5.77. The fourth-order valence-electron chi connectivity index (χ4n) is 3.04. The van der Waals surface area contributed by atoms with Crippen LogP contribution in [0.4, 0.5) is 5.69 Å². The smallest absolute Gasteiger partial charge is 0.174 e. The first-order valence-electron chi connectivity index (χ1n) is 9.20. The summed E-state index contributed by atoms with van der Waals surface area (Å²) in [4.78, 5) is 6.37. The Hall–Kier alpha value is -2.92. The van der Waals surface area contributed by atoms with E-state index in [0.717, 1.165) is 22.6 Å². The number of anilines is 1. The molecular formula is C23H25N3OS. The van der Waals surface area contributed by atoms with Gasteiger partial charge in [0.2, 0.25) is 0 Å². The Labute approximate surface area is 172 Å². The Balaban J connectivity index is 1.83. The second kappa shape index (κ2) is 9.33. The summed E-state index contributed by atoms with van der Waals surface area (Å²) in [7, 11) is 1.67. The molecule has 4 nitrogen and oxygen atoms in total. The molecule has 3 aromatic rings. The first-order valence-corrected chi connectivity index (χ1v) is 9.61. The van der Waals surface area contributed by atoms with Crippen LogP contribution in [0.25, 0.3) is 0 Å². The molecule has 0 aliphatic rings. The van der Waals surface area contributed by atoms with E-state index in [4.69, 9.17) is 17.0 Å². The minimum absolute atomic E-state index is 0.646. The molecule has 28 heavy (non-hydrogen) atoms. The Morgan fingerprint density at radius 2 is 1.75 bits per heavy atom. The van der Waals surface area contributed by atoms with Gasteiger partial charge in [0.25, 0.3) is 0 Å². The highest BCUT2D eigenvalue weighted by Gasteiger charge is 2.14. The van der Waals surface area contributed by atoms with Crippen LogP contribution in [-0.4, -0.2) is 22.1 Å². The number of thiocarbonyl (C=S) groups is 1. The molecule has 0 aliphatic heterocycles. The van der Waals surface area contributed by atoms with Crippen molar-refractivity contribution in [3.8, 4) is 5.75 Å². The number of hydrogen-bond acceptors (Lipinski definition) is 3. The van der Waals surface area contributed by atoms with E-state index in [1.165, 1.54) is 11.1 Å². The van der Waals surface area contributed by atoms with Gasteiger partial charge in [-0.25, -0.2) is 0 Å². The molecule has 1 heterocycles. The third-order valence-corrected chi connectivity index (χ3v) is 4.80.